The first-order valence-corrected chi connectivity index (χ1v) is 1.08. The fourth-order valence-corrected chi connectivity index (χ4v) is 0.0398. The molecule has 0 saturated heterocycles. The molecule has 0 heterocycles. The van der Waals surface area contributed by atoms with E-state index in [-0.39, 0.29) is 0 Å². The Bertz CT molecular complexity index is 23.4. The summed E-state index contributed by atoms with van der Waals surface area (Å²) in [5.74, 6) is 0. The van der Waals surface area contributed by atoms with Crippen LogP contribution in [0, 0.1) is 0 Å². The van der Waals surface area contributed by atoms with Crippen LogP contribution in [0.2, 0.25) is 0 Å². The average Bonchev–Trinajstić information content (AvgIpc) is 1.69. The van der Waals surface area contributed by atoms with Gasteiger partial charge in [-0.25, -0.2) is 5.26 Å². The van der Waals surface area contributed by atoms with Gasteiger partial charge in [0.1, 0.15) is 0 Å². The van der Waals surface area contributed by atoms with Gasteiger partial charge in [0.2, 0.25) is 0 Å². The van der Waals surface area contributed by atoms with Crippen molar-refractivity contribution in [1.82, 2.24) is 0 Å². The summed E-state index contributed by atoms with van der Waals surface area (Å²) < 4.78 is 0. The second-order valence-corrected chi connectivity index (χ2v) is 0.375. The molecule has 0 saturated carbocycles. The van der Waals surface area contributed by atoms with Crippen molar-refractivity contribution in [3.05, 3.63) is 0 Å². The topological polar surface area (TPSA) is 66.4 Å². The molecule has 2 radical (unpaired) electrons. The van der Waals surface area contributed by atoms with Gasteiger partial charge in [-0.1, -0.05) is 5.04 Å². The summed E-state index contributed by atoms with van der Waals surface area (Å²) in [4.78, 5) is 3.31. The van der Waals surface area contributed by atoms with Crippen LogP contribution in [0.5, 0.6) is 0 Å². The first-order chi connectivity index (χ1) is 3.41. The Balaban J connectivity index is 2.45. The maximum atomic E-state index is 7.27. The Morgan fingerprint density at radius 3 is 2.29 bits per heavy atom. The molecule has 40 valence electrons. The highest BCUT2D eigenvalue weighted by molar-refractivity contribution is 5.97. The van der Waals surface area contributed by atoms with E-state index in [0.717, 1.165) is 0 Å². The van der Waals surface area contributed by atoms with E-state index < -0.39 is 0 Å². The zero-order valence-electron chi connectivity index (χ0n) is 3.07. The van der Waals surface area contributed by atoms with Crippen molar-refractivity contribution in [3.63, 3.8) is 0 Å². The van der Waals surface area contributed by atoms with Gasteiger partial charge in [-0.2, -0.15) is 0 Å². The maximum absolute atomic E-state index is 7.27. The van der Waals surface area contributed by atoms with Crippen molar-refractivity contribution < 1.29 is 30.2 Å². The lowest BCUT2D eigenvalue weighted by atomic mass is 10.6. The first kappa shape index (κ1) is 6.82. The van der Waals surface area contributed by atoms with Crippen LogP contribution < -0.4 is 0 Å². The molecule has 0 aliphatic rings. The summed E-state index contributed by atoms with van der Waals surface area (Å²) in [5, 5.41) is 20.0. The Labute approximate surface area is 39.6 Å². The molecule has 0 aromatic heterocycles. The summed E-state index contributed by atoms with van der Waals surface area (Å²) in [6, 6.07) is 0. The van der Waals surface area contributed by atoms with E-state index in [1.165, 1.54) is 0 Å². The Hall–Kier alpha value is -0.175. The van der Waals surface area contributed by atoms with Crippen LogP contribution in [0.3, 0.4) is 0 Å². The Morgan fingerprint density at radius 1 is 1.14 bits per heavy atom. The highest BCUT2D eigenvalue weighted by Gasteiger charge is 1.81. The molecule has 0 fully saturated rings. The number of rotatable bonds is 4. The molecule has 0 aliphatic heterocycles. The van der Waals surface area contributed by atoms with Crippen LogP contribution in [-0.4, -0.2) is 13.3 Å². The van der Waals surface area contributed by atoms with E-state index in [1.807, 2.05) is 0 Å². The smallest absolute Gasteiger partial charge is 0.286 e. The molecule has 0 aromatic carbocycles. The normalized spacial score (nSPS) is 9.29. The van der Waals surface area contributed by atoms with Crippen molar-refractivity contribution in [2.75, 3.05) is 0 Å². The Morgan fingerprint density at radius 2 is 1.86 bits per heavy atom. The molecule has 0 amide bonds. The monoisotopic (exact) mass is 108 g/mol. The molecular weight excluding hydrogens is 107 g/mol. The van der Waals surface area contributed by atoms with E-state index in [2.05, 4.69) is 33.0 Å². The Kier molecular flexibility index (Phi) is 5.68. The van der Waals surface area contributed by atoms with Crippen LogP contribution in [0.15, 0.2) is 0 Å². The van der Waals surface area contributed by atoms with Gasteiger partial charge in [0.15, 0.2) is 0 Å². The third-order valence-electron chi connectivity index (χ3n) is 0.125. The molecular formula is HBO6. The van der Waals surface area contributed by atoms with Gasteiger partial charge in [-0.3, -0.25) is 4.81 Å². The van der Waals surface area contributed by atoms with Crippen molar-refractivity contribution in [2.24, 2.45) is 0 Å². The average molecular weight is 108 g/mol. The number of hydrogen-bond donors (Lipinski definition) is 1. The van der Waals surface area contributed by atoms with Crippen molar-refractivity contribution in [3.8, 4) is 0 Å². The highest BCUT2D eigenvalue weighted by Crippen LogP contribution is 1.77. The molecule has 7 heavy (non-hydrogen) atoms. The molecule has 0 rings (SSSR count). The summed E-state index contributed by atoms with van der Waals surface area (Å²) in [5.41, 5.74) is 0. The minimum Gasteiger partial charge on any atom is -0.286 e. The molecule has 6 nitrogen and oxygen atoms in total. The van der Waals surface area contributed by atoms with E-state index in [9.17, 15) is 0 Å². The van der Waals surface area contributed by atoms with Crippen LogP contribution in [0.25, 0.3) is 0 Å². The van der Waals surface area contributed by atoms with Gasteiger partial charge in [0, 0.05) is 0 Å². The summed E-state index contributed by atoms with van der Waals surface area (Å²) in [7, 11) is 4.20. The fourth-order valence-electron chi connectivity index (χ4n) is 0.0398. The van der Waals surface area contributed by atoms with Crippen LogP contribution in [-0.2, 0) is 25.0 Å². The molecule has 1 N–H and O–H groups in total. The van der Waals surface area contributed by atoms with Gasteiger partial charge in [-0.05, 0) is 15.1 Å². The van der Waals surface area contributed by atoms with Gasteiger partial charge in [0.05, 0.1) is 0 Å². The first-order valence-electron chi connectivity index (χ1n) is 1.08. The SMILES string of the molecule is [B]OOOOOO. The second kappa shape index (κ2) is 5.82. The van der Waals surface area contributed by atoms with Gasteiger partial charge in [0.25, 0.3) is 0 Å². The number of hydrogen-bond acceptors (Lipinski definition) is 6. The molecule has 0 bridgehead atoms. The van der Waals surface area contributed by atoms with Crippen molar-refractivity contribution in [2.45, 2.75) is 0 Å². The van der Waals surface area contributed by atoms with E-state index in [1.54, 1.807) is 0 Å². The second-order valence-electron chi connectivity index (χ2n) is 0.375. The predicted molar refractivity (Wildman–Crippen MR) is 13.8 cm³/mol. The molecule has 0 aliphatic carbocycles. The zero-order valence-corrected chi connectivity index (χ0v) is 3.07. The van der Waals surface area contributed by atoms with Gasteiger partial charge in [-0.15, -0.1) is 0 Å². The van der Waals surface area contributed by atoms with E-state index in [0.29, 0.717) is 0 Å². The van der Waals surface area contributed by atoms with E-state index >= 15 is 0 Å². The highest BCUT2D eigenvalue weighted by atomic mass is 17.8. The zero-order chi connectivity index (χ0) is 5.54. The summed E-state index contributed by atoms with van der Waals surface area (Å²) in [6.07, 6.45) is 0. The van der Waals surface area contributed by atoms with Crippen molar-refractivity contribution >= 4 is 8.05 Å². The molecule has 0 aromatic rings. The lowest BCUT2D eigenvalue weighted by Crippen LogP contribution is -1.94. The third-order valence-corrected chi connectivity index (χ3v) is 0.125. The van der Waals surface area contributed by atoms with Crippen LogP contribution in [0.1, 0.15) is 0 Å². The minimum atomic E-state index is 2.86. The van der Waals surface area contributed by atoms with E-state index in [4.69, 9.17) is 5.26 Å². The van der Waals surface area contributed by atoms with Gasteiger partial charge >= 0.3 is 8.05 Å². The molecule has 0 spiro atoms. The minimum absolute atomic E-state index is 2.86. The third kappa shape index (κ3) is 5.82. The molecule has 7 heteroatoms. The molecule has 0 atom stereocenters. The van der Waals surface area contributed by atoms with Crippen LogP contribution >= 0.6 is 0 Å². The van der Waals surface area contributed by atoms with Crippen LogP contribution in [0.4, 0.5) is 0 Å². The lowest BCUT2D eigenvalue weighted by Gasteiger charge is -1.90. The fraction of sp³-hybridized carbons (Fsp3) is 0. The lowest BCUT2D eigenvalue weighted by molar-refractivity contribution is -0.741. The summed E-state index contributed by atoms with van der Waals surface area (Å²) in [6.45, 7) is 0. The molecule has 0 unspecified atom stereocenters. The predicted octanol–water partition coefficient (Wildman–Crippen LogP) is -0.714. The quantitative estimate of drug-likeness (QED) is 0.222. The maximum Gasteiger partial charge on any atom is 0.342 e. The standard InChI is InChI=1S/BHO6/c1-3-5-7-6-4-2/h2H. The largest absolute Gasteiger partial charge is 0.342 e. The summed E-state index contributed by atoms with van der Waals surface area (Å²) >= 11 is 0. The van der Waals surface area contributed by atoms with Crippen molar-refractivity contribution in [1.29, 1.82) is 0 Å². The van der Waals surface area contributed by atoms with Gasteiger partial charge < -0.3 is 0 Å².